The van der Waals surface area contributed by atoms with Gasteiger partial charge in [-0.05, 0) is 6.42 Å². The molecule has 4 heteroatoms. The maximum atomic E-state index is 11.3. The number of amides is 1. The smallest absolute Gasteiger partial charge is 0.223 e. The minimum Gasteiger partial charge on any atom is -0.502 e. The number of alkyl halides is 1. The number of halogens is 1. The molecule has 0 aromatic rings. The Hall–Kier alpha value is -0.510. The van der Waals surface area contributed by atoms with E-state index in [0.717, 1.165) is 19.5 Å². The molecule has 1 heterocycles. The van der Waals surface area contributed by atoms with Gasteiger partial charge < -0.3 is 9.64 Å². The molecule has 74 valence electrons. The maximum Gasteiger partial charge on any atom is 0.223 e. The zero-order valence-corrected chi connectivity index (χ0v) is 9.13. The lowest BCUT2D eigenvalue weighted by Crippen LogP contribution is -2.27. The molecule has 1 fully saturated rings. The summed E-state index contributed by atoms with van der Waals surface area (Å²) in [6, 6.07) is 0. The van der Waals surface area contributed by atoms with E-state index >= 15 is 0 Å². The molecule has 1 rings (SSSR count). The van der Waals surface area contributed by atoms with Gasteiger partial charge in [-0.1, -0.05) is 22.5 Å². The number of rotatable bonds is 5. The topological polar surface area (TPSA) is 29.5 Å². The first-order valence-electron chi connectivity index (χ1n) is 4.38. The van der Waals surface area contributed by atoms with E-state index in [1.54, 1.807) is 0 Å². The molecular formula is C9H14BrNO2. The molecule has 1 amide bonds. The predicted molar refractivity (Wildman–Crippen MR) is 54.7 cm³/mol. The van der Waals surface area contributed by atoms with Crippen molar-refractivity contribution in [3.05, 3.63) is 12.8 Å². The molecule has 1 aliphatic rings. The monoisotopic (exact) mass is 247 g/mol. The van der Waals surface area contributed by atoms with Gasteiger partial charge in [0.15, 0.2) is 0 Å². The SMILES string of the molecule is C=COCCCN1CC(Br)CC1=O. The lowest BCUT2D eigenvalue weighted by Gasteiger charge is -2.14. The number of carbonyl (C=O) groups excluding carboxylic acids is 1. The van der Waals surface area contributed by atoms with Crippen molar-refractivity contribution in [2.24, 2.45) is 0 Å². The highest BCUT2D eigenvalue weighted by Crippen LogP contribution is 2.17. The molecule has 0 aromatic carbocycles. The van der Waals surface area contributed by atoms with E-state index in [9.17, 15) is 4.79 Å². The maximum absolute atomic E-state index is 11.3. The molecule has 0 radical (unpaired) electrons. The van der Waals surface area contributed by atoms with Crippen LogP contribution < -0.4 is 0 Å². The third kappa shape index (κ3) is 3.38. The quantitative estimate of drug-likeness (QED) is 0.419. The van der Waals surface area contributed by atoms with Crippen LogP contribution in [0.25, 0.3) is 0 Å². The summed E-state index contributed by atoms with van der Waals surface area (Å²) in [6.45, 7) is 5.70. The van der Waals surface area contributed by atoms with E-state index in [4.69, 9.17) is 4.74 Å². The number of ether oxygens (including phenoxy) is 1. The fraction of sp³-hybridized carbons (Fsp3) is 0.667. The largest absolute Gasteiger partial charge is 0.502 e. The van der Waals surface area contributed by atoms with Gasteiger partial charge in [-0.25, -0.2) is 0 Å². The molecule has 0 bridgehead atoms. The molecule has 1 atom stereocenters. The highest BCUT2D eigenvalue weighted by Gasteiger charge is 2.26. The van der Waals surface area contributed by atoms with Gasteiger partial charge in [0.2, 0.25) is 5.91 Å². The third-order valence-corrected chi connectivity index (χ3v) is 2.59. The van der Waals surface area contributed by atoms with Crippen molar-refractivity contribution >= 4 is 21.8 Å². The summed E-state index contributed by atoms with van der Waals surface area (Å²) in [6.07, 6.45) is 2.93. The van der Waals surface area contributed by atoms with Crippen molar-refractivity contribution in [2.45, 2.75) is 17.7 Å². The van der Waals surface area contributed by atoms with Crippen LogP contribution in [-0.4, -0.2) is 35.3 Å². The second-order valence-electron chi connectivity index (χ2n) is 3.03. The Bertz CT molecular complexity index is 196. The third-order valence-electron chi connectivity index (χ3n) is 1.98. The first kappa shape index (κ1) is 10.6. The van der Waals surface area contributed by atoms with Crippen LogP contribution in [-0.2, 0) is 9.53 Å². The lowest BCUT2D eigenvalue weighted by molar-refractivity contribution is -0.127. The molecule has 1 saturated heterocycles. The number of hydrogen-bond donors (Lipinski definition) is 0. The van der Waals surface area contributed by atoms with Crippen LogP contribution in [0.1, 0.15) is 12.8 Å². The Morgan fingerprint density at radius 3 is 3.08 bits per heavy atom. The zero-order valence-electron chi connectivity index (χ0n) is 7.54. The van der Waals surface area contributed by atoms with Crippen LogP contribution in [0.4, 0.5) is 0 Å². The minimum absolute atomic E-state index is 0.237. The van der Waals surface area contributed by atoms with Gasteiger partial charge in [0, 0.05) is 24.3 Å². The van der Waals surface area contributed by atoms with Gasteiger partial charge in [-0.2, -0.15) is 0 Å². The van der Waals surface area contributed by atoms with Crippen LogP contribution >= 0.6 is 15.9 Å². The van der Waals surface area contributed by atoms with E-state index in [1.165, 1.54) is 6.26 Å². The first-order valence-corrected chi connectivity index (χ1v) is 5.30. The molecule has 0 spiro atoms. The molecule has 3 nitrogen and oxygen atoms in total. The van der Waals surface area contributed by atoms with Crippen LogP contribution in [0.2, 0.25) is 0 Å². The summed E-state index contributed by atoms with van der Waals surface area (Å²) < 4.78 is 4.97. The number of carbonyl (C=O) groups is 1. The molecular weight excluding hydrogens is 234 g/mol. The molecule has 0 aliphatic carbocycles. The van der Waals surface area contributed by atoms with E-state index in [1.807, 2.05) is 4.90 Å². The van der Waals surface area contributed by atoms with Crippen molar-refractivity contribution in [3.63, 3.8) is 0 Å². The van der Waals surface area contributed by atoms with Crippen molar-refractivity contribution in [1.29, 1.82) is 0 Å². The Labute approximate surface area is 86.9 Å². The number of likely N-dealkylation sites (tertiary alicyclic amines) is 1. The fourth-order valence-corrected chi connectivity index (χ4v) is 1.99. The standard InChI is InChI=1S/C9H14BrNO2/c1-2-13-5-3-4-11-7-8(10)6-9(11)12/h2,8H,1,3-7H2. The van der Waals surface area contributed by atoms with Crippen LogP contribution in [0.5, 0.6) is 0 Å². The van der Waals surface area contributed by atoms with E-state index in [2.05, 4.69) is 22.5 Å². The van der Waals surface area contributed by atoms with Crippen LogP contribution in [0.3, 0.4) is 0 Å². The van der Waals surface area contributed by atoms with E-state index < -0.39 is 0 Å². The molecule has 0 N–H and O–H groups in total. The first-order chi connectivity index (χ1) is 6.24. The van der Waals surface area contributed by atoms with Gasteiger partial charge in [0.25, 0.3) is 0 Å². The van der Waals surface area contributed by atoms with E-state index in [0.29, 0.717) is 17.9 Å². The molecule has 13 heavy (non-hydrogen) atoms. The predicted octanol–water partition coefficient (Wildman–Crippen LogP) is 1.53. The number of nitrogens with zero attached hydrogens (tertiary/aromatic N) is 1. The average Bonchev–Trinajstić information content (AvgIpc) is 2.39. The van der Waals surface area contributed by atoms with Crippen molar-refractivity contribution in [2.75, 3.05) is 19.7 Å². The Kier molecular flexibility index (Phi) is 4.28. The zero-order chi connectivity index (χ0) is 9.68. The van der Waals surface area contributed by atoms with Crippen molar-refractivity contribution in [1.82, 2.24) is 4.90 Å². The van der Waals surface area contributed by atoms with Gasteiger partial charge in [-0.3, -0.25) is 4.79 Å². The molecule has 1 aliphatic heterocycles. The highest BCUT2D eigenvalue weighted by atomic mass is 79.9. The lowest BCUT2D eigenvalue weighted by atomic mass is 10.4. The second kappa shape index (κ2) is 5.27. The summed E-state index contributed by atoms with van der Waals surface area (Å²) in [7, 11) is 0. The van der Waals surface area contributed by atoms with Crippen molar-refractivity contribution in [3.8, 4) is 0 Å². The van der Waals surface area contributed by atoms with E-state index in [-0.39, 0.29) is 5.91 Å². The fourth-order valence-electron chi connectivity index (χ4n) is 1.36. The number of hydrogen-bond acceptors (Lipinski definition) is 2. The normalized spacial score (nSPS) is 22.1. The summed E-state index contributed by atoms with van der Waals surface area (Å²) in [4.78, 5) is 13.5. The highest BCUT2D eigenvalue weighted by molar-refractivity contribution is 9.09. The van der Waals surface area contributed by atoms with Gasteiger partial charge >= 0.3 is 0 Å². The molecule has 0 saturated carbocycles. The van der Waals surface area contributed by atoms with Crippen LogP contribution in [0, 0.1) is 0 Å². The van der Waals surface area contributed by atoms with Crippen LogP contribution in [0.15, 0.2) is 12.8 Å². The summed E-state index contributed by atoms with van der Waals surface area (Å²) >= 11 is 3.43. The summed E-state index contributed by atoms with van der Waals surface area (Å²) in [5.41, 5.74) is 0. The summed E-state index contributed by atoms with van der Waals surface area (Å²) in [5, 5.41) is 0. The Morgan fingerprint density at radius 1 is 1.77 bits per heavy atom. The molecule has 0 aromatic heterocycles. The van der Waals surface area contributed by atoms with Gasteiger partial charge in [0.1, 0.15) is 0 Å². The molecule has 1 unspecified atom stereocenters. The summed E-state index contributed by atoms with van der Waals surface area (Å²) in [5.74, 6) is 0.237. The minimum atomic E-state index is 0.237. The average molecular weight is 248 g/mol. The van der Waals surface area contributed by atoms with Crippen molar-refractivity contribution < 1.29 is 9.53 Å². The van der Waals surface area contributed by atoms with Gasteiger partial charge in [0.05, 0.1) is 12.9 Å². The Balaban J connectivity index is 2.14. The Morgan fingerprint density at radius 2 is 2.54 bits per heavy atom. The second-order valence-corrected chi connectivity index (χ2v) is 4.33. The van der Waals surface area contributed by atoms with Gasteiger partial charge in [-0.15, -0.1) is 0 Å².